The third-order valence-electron chi connectivity index (χ3n) is 4.81. The van der Waals surface area contributed by atoms with E-state index < -0.39 is 0 Å². The van der Waals surface area contributed by atoms with Gasteiger partial charge in [0.05, 0.1) is 0 Å². The van der Waals surface area contributed by atoms with Crippen molar-refractivity contribution in [3.63, 3.8) is 0 Å². The zero-order chi connectivity index (χ0) is 21.3. The van der Waals surface area contributed by atoms with Crippen LogP contribution in [-0.4, -0.2) is 11.6 Å². The molecule has 0 aliphatic carbocycles. The Morgan fingerprint density at radius 3 is 2.32 bits per heavy atom. The van der Waals surface area contributed by atoms with Crippen LogP contribution < -0.4 is 4.74 Å². The predicted molar refractivity (Wildman–Crippen MR) is 127 cm³/mol. The van der Waals surface area contributed by atoms with E-state index in [0.29, 0.717) is 6.61 Å². The summed E-state index contributed by atoms with van der Waals surface area (Å²) in [7, 11) is 0. The average Bonchev–Trinajstić information content (AvgIpc) is 2.82. The lowest BCUT2D eigenvalue weighted by Gasteiger charge is -2.10. The Kier molecular flexibility index (Phi) is 6.58. The van der Waals surface area contributed by atoms with Crippen LogP contribution in [0.1, 0.15) is 27.9 Å². The van der Waals surface area contributed by atoms with Crippen molar-refractivity contribution in [1.82, 2.24) is 4.98 Å². The Hall–Kier alpha value is -4.09. The molecule has 0 amide bonds. The molecular weight excluding hydrogens is 378 g/mol. The first-order valence-corrected chi connectivity index (χ1v) is 10.3. The van der Waals surface area contributed by atoms with E-state index in [1.54, 1.807) is 6.20 Å². The molecule has 0 saturated heterocycles. The molecule has 0 saturated carbocycles. The van der Waals surface area contributed by atoms with Crippen molar-refractivity contribution in [2.24, 2.45) is 0 Å². The molecule has 0 fully saturated rings. The summed E-state index contributed by atoms with van der Waals surface area (Å²) in [6.07, 6.45) is 3.88. The van der Waals surface area contributed by atoms with Crippen molar-refractivity contribution in [3.8, 4) is 17.6 Å². The summed E-state index contributed by atoms with van der Waals surface area (Å²) in [6, 6.07) is 32.5. The van der Waals surface area contributed by atoms with Crippen molar-refractivity contribution >= 4 is 5.57 Å². The van der Waals surface area contributed by atoms with Crippen LogP contribution in [0.15, 0.2) is 109 Å². The van der Waals surface area contributed by atoms with E-state index in [1.165, 1.54) is 5.56 Å². The summed E-state index contributed by atoms with van der Waals surface area (Å²) >= 11 is 0. The van der Waals surface area contributed by atoms with Crippen LogP contribution in [0.5, 0.6) is 5.75 Å². The first-order chi connectivity index (χ1) is 15.3. The van der Waals surface area contributed by atoms with Gasteiger partial charge >= 0.3 is 0 Å². The third-order valence-corrected chi connectivity index (χ3v) is 4.81. The molecule has 0 aliphatic heterocycles. The van der Waals surface area contributed by atoms with Gasteiger partial charge in [-0.05, 0) is 77.6 Å². The van der Waals surface area contributed by atoms with E-state index in [-0.39, 0.29) is 0 Å². The van der Waals surface area contributed by atoms with Gasteiger partial charge in [-0.2, -0.15) is 0 Å². The van der Waals surface area contributed by atoms with Crippen molar-refractivity contribution in [2.45, 2.75) is 6.92 Å². The number of nitrogens with zero attached hydrogens (tertiary/aromatic N) is 1. The van der Waals surface area contributed by atoms with Crippen LogP contribution in [0, 0.1) is 18.8 Å². The SMILES string of the molecule is Cc1cccc(OC/C=C(/c2ccccc2)c2ccc(C#Cc3ccccn3)cc2)c1. The molecule has 3 aromatic carbocycles. The highest BCUT2D eigenvalue weighted by molar-refractivity contribution is 5.80. The number of rotatable bonds is 5. The summed E-state index contributed by atoms with van der Waals surface area (Å²) in [5.74, 6) is 7.16. The molecule has 4 aromatic rings. The minimum atomic E-state index is 0.495. The molecule has 0 spiro atoms. The number of ether oxygens (including phenoxy) is 1. The number of hydrogen-bond acceptors (Lipinski definition) is 2. The van der Waals surface area contributed by atoms with E-state index >= 15 is 0 Å². The smallest absolute Gasteiger partial charge is 0.120 e. The van der Waals surface area contributed by atoms with Gasteiger partial charge < -0.3 is 4.74 Å². The zero-order valence-corrected chi connectivity index (χ0v) is 17.5. The molecule has 0 aliphatic rings. The monoisotopic (exact) mass is 401 g/mol. The lowest BCUT2D eigenvalue weighted by atomic mass is 9.97. The summed E-state index contributed by atoms with van der Waals surface area (Å²) in [5, 5.41) is 0. The molecule has 0 radical (unpaired) electrons. The maximum absolute atomic E-state index is 5.97. The topological polar surface area (TPSA) is 22.1 Å². The van der Waals surface area contributed by atoms with Crippen molar-refractivity contribution in [3.05, 3.63) is 137 Å². The predicted octanol–water partition coefficient (Wildman–Crippen LogP) is 6.30. The fraction of sp³-hybridized carbons (Fsp3) is 0.0690. The van der Waals surface area contributed by atoms with Crippen LogP contribution in [0.25, 0.3) is 5.57 Å². The van der Waals surface area contributed by atoms with Gasteiger partial charge in [-0.15, -0.1) is 0 Å². The molecule has 2 heteroatoms. The second-order valence-electron chi connectivity index (χ2n) is 7.15. The normalized spacial score (nSPS) is 10.8. The summed E-state index contributed by atoms with van der Waals surface area (Å²) in [6.45, 7) is 2.56. The van der Waals surface area contributed by atoms with Crippen LogP contribution in [-0.2, 0) is 0 Å². The van der Waals surface area contributed by atoms with Crippen LogP contribution in [0.2, 0.25) is 0 Å². The van der Waals surface area contributed by atoms with Crippen LogP contribution in [0.4, 0.5) is 0 Å². The summed E-state index contributed by atoms with van der Waals surface area (Å²) < 4.78 is 5.97. The van der Waals surface area contributed by atoms with Crippen molar-refractivity contribution in [1.29, 1.82) is 0 Å². The molecule has 150 valence electrons. The quantitative estimate of drug-likeness (QED) is 0.366. The van der Waals surface area contributed by atoms with Gasteiger partial charge in [-0.1, -0.05) is 66.6 Å². The molecule has 0 atom stereocenters. The van der Waals surface area contributed by atoms with E-state index in [2.05, 4.69) is 72.3 Å². The molecule has 1 heterocycles. The summed E-state index contributed by atoms with van der Waals surface area (Å²) in [5.41, 5.74) is 6.33. The van der Waals surface area contributed by atoms with Gasteiger partial charge in [0.25, 0.3) is 0 Å². The Morgan fingerprint density at radius 1 is 0.806 bits per heavy atom. The Labute approximate surface area is 183 Å². The Morgan fingerprint density at radius 2 is 1.58 bits per heavy atom. The Bertz CT molecular complexity index is 1210. The minimum Gasteiger partial charge on any atom is -0.490 e. The lowest BCUT2D eigenvalue weighted by Crippen LogP contribution is -1.97. The number of pyridine rings is 1. The molecule has 1 aromatic heterocycles. The van der Waals surface area contributed by atoms with Gasteiger partial charge in [-0.3, -0.25) is 0 Å². The lowest BCUT2D eigenvalue weighted by molar-refractivity contribution is 0.363. The first-order valence-electron chi connectivity index (χ1n) is 10.3. The fourth-order valence-electron chi connectivity index (χ4n) is 3.25. The number of benzene rings is 3. The third kappa shape index (κ3) is 5.72. The number of hydrogen-bond donors (Lipinski definition) is 0. The molecule has 0 bridgehead atoms. The number of aromatic nitrogens is 1. The molecule has 31 heavy (non-hydrogen) atoms. The van der Waals surface area contributed by atoms with E-state index in [9.17, 15) is 0 Å². The maximum Gasteiger partial charge on any atom is 0.120 e. The average molecular weight is 402 g/mol. The number of aryl methyl sites for hydroxylation is 1. The largest absolute Gasteiger partial charge is 0.490 e. The van der Waals surface area contributed by atoms with Gasteiger partial charge in [0, 0.05) is 11.8 Å². The van der Waals surface area contributed by atoms with Gasteiger partial charge in [0.2, 0.25) is 0 Å². The van der Waals surface area contributed by atoms with E-state index in [0.717, 1.165) is 33.7 Å². The highest BCUT2D eigenvalue weighted by Crippen LogP contribution is 2.24. The second kappa shape index (κ2) is 10.1. The molecule has 0 unspecified atom stereocenters. The van der Waals surface area contributed by atoms with Crippen molar-refractivity contribution < 1.29 is 4.74 Å². The van der Waals surface area contributed by atoms with Crippen molar-refractivity contribution in [2.75, 3.05) is 6.61 Å². The van der Waals surface area contributed by atoms with E-state index in [1.807, 2.05) is 54.6 Å². The standard InChI is InChI=1S/C29H23NO/c1-23-8-7-12-28(22-23)31-21-19-29(25-9-3-2-4-10-25)26-16-13-24(14-17-26)15-18-27-11-5-6-20-30-27/h2-14,16-17,19-20,22H,21H2,1H3/b29-19-. The molecular formula is C29H23NO. The Balaban J connectivity index is 1.56. The maximum atomic E-state index is 5.97. The van der Waals surface area contributed by atoms with E-state index in [4.69, 9.17) is 4.74 Å². The van der Waals surface area contributed by atoms with Crippen LogP contribution >= 0.6 is 0 Å². The molecule has 4 rings (SSSR count). The second-order valence-corrected chi connectivity index (χ2v) is 7.15. The highest BCUT2D eigenvalue weighted by atomic mass is 16.5. The highest BCUT2D eigenvalue weighted by Gasteiger charge is 2.05. The van der Waals surface area contributed by atoms with Gasteiger partial charge in [0.15, 0.2) is 0 Å². The van der Waals surface area contributed by atoms with Gasteiger partial charge in [-0.25, -0.2) is 4.98 Å². The fourth-order valence-corrected chi connectivity index (χ4v) is 3.25. The van der Waals surface area contributed by atoms with Crippen LogP contribution in [0.3, 0.4) is 0 Å². The first kappa shape index (κ1) is 20.2. The molecule has 0 N–H and O–H groups in total. The van der Waals surface area contributed by atoms with Gasteiger partial charge in [0.1, 0.15) is 18.1 Å². The molecule has 2 nitrogen and oxygen atoms in total. The minimum absolute atomic E-state index is 0.495. The summed E-state index contributed by atoms with van der Waals surface area (Å²) in [4.78, 5) is 4.25. The zero-order valence-electron chi connectivity index (χ0n) is 17.5.